The first-order chi connectivity index (χ1) is 9.51. The monoisotopic (exact) mass is 302 g/mol. The molecule has 0 heterocycles. The minimum absolute atomic E-state index is 0.293. The molecule has 0 atom stereocenters. The fourth-order valence-corrected chi connectivity index (χ4v) is 4.92. The molecule has 0 N–H and O–H groups in total. The lowest BCUT2D eigenvalue weighted by Gasteiger charge is -2.27. The van der Waals surface area contributed by atoms with Gasteiger partial charge in [0, 0.05) is 19.8 Å². The molecule has 0 aliphatic heterocycles. The van der Waals surface area contributed by atoms with Gasteiger partial charge in [0.25, 0.3) is 0 Å². The number of rotatable bonds is 12. The van der Waals surface area contributed by atoms with E-state index in [-0.39, 0.29) is 5.97 Å². The van der Waals surface area contributed by atoms with E-state index in [2.05, 4.69) is 13.5 Å². The summed E-state index contributed by atoms with van der Waals surface area (Å²) in [6, 6.07) is 2.09. The first-order valence-electron chi connectivity index (χ1n) is 7.44. The molecule has 118 valence electrons. The normalized spacial score (nSPS) is 11.4. The summed E-state index contributed by atoms with van der Waals surface area (Å²) in [5.41, 5.74) is 0.459. The van der Waals surface area contributed by atoms with Crippen LogP contribution < -0.4 is 0 Å². The summed E-state index contributed by atoms with van der Waals surface area (Å²) in [7, 11) is 1.59. The van der Waals surface area contributed by atoms with E-state index in [1.807, 2.05) is 0 Å². The van der Waals surface area contributed by atoms with Crippen LogP contribution in [0, 0.1) is 0 Å². The maximum Gasteiger partial charge on any atom is 0.337 e. The molecule has 0 saturated carbocycles. The third-order valence-corrected chi connectivity index (χ3v) is 7.27. The average molecular weight is 302 g/mol. The highest BCUT2D eigenvalue weighted by atomic mass is 28.4. The minimum Gasteiger partial charge on any atom is -0.462 e. The summed E-state index contributed by atoms with van der Waals surface area (Å²) in [4.78, 5) is 11.2. The minimum atomic E-state index is -1.94. The summed E-state index contributed by atoms with van der Waals surface area (Å²) >= 11 is 0. The first-order valence-corrected chi connectivity index (χ1v) is 9.67. The van der Waals surface area contributed by atoms with Crippen molar-refractivity contribution in [3.05, 3.63) is 12.2 Å². The van der Waals surface area contributed by atoms with E-state index < -0.39 is 8.56 Å². The zero-order valence-electron chi connectivity index (χ0n) is 13.5. The third kappa shape index (κ3) is 7.82. The van der Waals surface area contributed by atoms with Crippen molar-refractivity contribution in [2.45, 2.75) is 58.0 Å². The molecule has 0 rings (SSSR count). The largest absolute Gasteiger partial charge is 0.462 e. The van der Waals surface area contributed by atoms with Crippen LogP contribution in [0.2, 0.25) is 12.1 Å². The highest BCUT2D eigenvalue weighted by Crippen LogP contribution is 2.22. The molecule has 0 aromatic heterocycles. The Hall–Kier alpha value is -0.653. The Labute approximate surface area is 124 Å². The molecule has 0 unspecified atom stereocenters. The Bertz CT molecular complexity index is 288. The SMILES string of the molecule is C=C(C)C(=O)OCCCCCC[Si](CCC)(OC)OC. The Morgan fingerprint density at radius 2 is 1.65 bits per heavy atom. The molecule has 0 saturated heterocycles. The molecule has 4 nitrogen and oxygen atoms in total. The highest BCUT2D eigenvalue weighted by molar-refractivity contribution is 6.67. The second-order valence-corrected chi connectivity index (χ2v) is 8.79. The molecule has 0 spiro atoms. The van der Waals surface area contributed by atoms with Gasteiger partial charge in [-0.05, 0) is 25.4 Å². The Morgan fingerprint density at radius 1 is 1.05 bits per heavy atom. The summed E-state index contributed by atoms with van der Waals surface area (Å²) in [6.07, 6.45) is 5.30. The van der Waals surface area contributed by atoms with E-state index in [9.17, 15) is 4.79 Å². The second kappa shape index (κ2) is 11.1. The van der Waals surface area contributed by atoms with Gasteiger partial charge in [-0.1, -0.05) is 39.2 Å². The third-order valence-electron chi connectivity index (χ3n) is 3.41. The van der Waals surface area contributed by atoms with Gasteiger partial charge in [0.15, 0.2) is 0 Å². The number of esters is 1. The standard InChI is InChI=1S/C15H30O4Si/c1-6-12-20(17-4,18-5)13-10-8-7-9-11-19-15(16)14(2)3/h2,6-13H2,1,3-5H3. The average Bonchev–Trinajstić information content (AvgIpc) is 2.44. The van der Waals surface area contributed by atoms with Gasteiger partial charge in [0.2, 0.25) is 0 Å². The van der Waals surface area contributed by atoms with Crippen LogP contribution >= 0.6 is 0 Å². The Balaban J connectivity index is 3.69. The molecule has 0 amide bonds. The van der Waals surface area contributed by atoms with E-state index in [1.165, 1.54) is 0 Å². The Morgan fingerprint density at radius 3 is 2.15 bits per heavy atom. The predicted molar refractivity (Wildman–Crippen MR) is 83.9 cm³/mol. The number of ether oxygens (including phenoxy) is 1. The fraction of sp³-hybridized carbons (Fsp3) is 0.800. The van der Waals surface area contributed by atoms with Crippen LogP contribution in [0.4, 0.5) is 0 Å². The molecule has 20 heavy (non-hydrogen) atoms. The number of carbonyl (C=O) groups excluding carboxylic acids is 1. The van der Waals surface area contributed by atoms with Crippen molar-refractivity contribution in [1.82, 2.24) is 0 Å². The molecular formula is C15H30O4Si. The zero-order valence-corrected chi connectivity index (χ0v) is 14.5. The van der Waals surface area contributed by atoms with Gasteiger partial charge in [-0.2, -0.15) is 0 Å². The zero-order chi connectivity index (χ0) is 15.4. The quantitative estimate of drug-likeness (QED) is 0.238. The first kappa shape index (κ1) is 19.3. The van der Waals surface area contributed by atoms with Gasteiger partial charge < -0.3 is 13.6 Å². The van der Waals surface area contributed by atoms with E-state index >= 15 is 0 Å². The predicted octanol–water partition coefficient (Wildman–Crippen LogP) is 3.81. The van der Waals surface area contributed by atoms with E-state index in [0.717, 1.165) is 44.2 Å². The van der Waals surface area contributed by atoms with Crippen molar-refractivity contribution in [3.8, 4) is 0 Å². The van der Waals surface area contributed by atoms with Crippen molar-refractivity contribution in [1.29, 1.82) is 0 Å². The van der Waals surface area contributed by atoms with Crippen molar-refractivity contribution >= 4 is 14.5 Å². The molecule has 0 aromatic carbocycles. The number of unbranched alkanes of at least 4 members (excludes halogenated alkanes) is 3. The lowest BCUT2D eigenvalue weighted by Crippen LogP contribution is -2.39. The lowest BCUT2D eigenvalue weighted by atomic mass is 10.2. The van der Waals surface area contributed by atoms with Gasteiger partial charge in [-0.25, -0.2) is 4.79 Å². The Kier molecular flexibility index (Phi) is 10.7. The van der Waals surface area contributed by atoms with Crippen LogP contribution in [0.1, 0.15) is 46.0 Å². The molecule has 0 aliphatic carbocycles. The van der Waals surface area contributed by atoms with E-state index in [1.54, 1.807) is 21.1 Å². The van der Waals surface area contributed by atoms with Crippen molar-refractivity contribution in [2.24, 2.45) is 0 Å². The van der Waals surface area contributed by atoms with Crippen LogP contribution in [-0.4, -0.2) is 35.4 Å². The van der Waals surface area contributed by atoms with Gasteiger partial charge in [-0.15, -0.1) is 0 Å². The van der Waals surface area contributed by atoms with Crippen LogP contribution in [-0.2, 0) is 18.4 Å². The van der Waals surface area contributed by atoms with Crippen molar-refractivity contribution in [2.75, 3.05) is 20.8 Å². The summed E-state index contributed by atoms with van der Waals surface area (Å²) in [6.45, 7) is 7.86. The molecule has 0 fully saturated rings. The number of carbonyl (C=O) groups is 1. The summed E-state index contributed by atoms with van der Waals surface area (Å²) in [5.74, 6) is -0.293. The molecule has 5 heteroatoms. The molecule has 0 radical (unpaired) electrons. The van der Waals surface area contributed by atoms with Gasteiger partial charge in [-0.3, -0.25) is 0 Å². The number of hydrogen-bond donors (Lipinski definition) is 0. The topological polar surface area (TPSA) is 44.8 Å². The smallest absolute Gasteiger partial charge is 0.337 e. The van der Waals surface area contributed by atoms with E-state index in [0.29, 0.717) is 12.2 Å². The highest BCUT2D eigenvalue weighted by Gasteiger charge is 2.33. The number of hydrogen-bond acceptors (Lipinski definition) is 4. The second-order valence-electron chi connectivity index (χ2n) is 5.15. The van der Waals surface area contributed by atoms with E-state index in [4.69, 9.17) is 13.6 Å². The van der Waals surface area contributed by atoms with Crippen LogP contribution in [0.5, 0.6) is 0 Å². The van der Waals surface area contributed by atoms with Crippen LogP contribution in [0.3, 0.4) is 0 Å². The van der Waals surface area contributed by atoms with Crippen molar-refractivity contribution in [3.63, 3.8) is 0 Å². The van der Waals surface area contributed by atoms with Crippen molar-refractivity contribution < 1.29 is 18.4 Å². The van der Waals surface area contributed by atoms with Crippen LogP contribution in [0.15, 0.2) is 12.2 Å². The molecule has 0 aliphatic rings. The fourth-order valence-electron chi connectivity index (χ4n) is 2.14. The van der Waals surface area contributed by atoms with Crippen LogP contribution in [0.25, 0.3) is 0 Å². The molecular weight excluding hydrogens is 272 g/mol. The summed E-state index contributed by atoms with van der Waals surface area (Å²) < 4.78 is 16.4. The van der Waals surface area contributed by atoms with Gasteiger partial charge >= 0.3 is 14.5 Å². The molecule has 0 aromatic rings. The maximum atomic E-state index is 11.2. The maximum absolute atomic E-state index is 11.2. The summed E-state index contributed by atoms with van der Waals surface area (Å²) in [5, 5.41) is 0. The van der Waals surface area contributed by atoms with Gasteiger partial charge in [0.1, 0.15) is 0 Å². The van der Waals surface area contributed by atoms with Gasteiger partial charge in [0.05, 0.1) is 6.61 Å². The lowest BCUT2D eigenvalue weighted by molar-refractivity contribution is -0.139. The molecule has 0 bridgehead atoms.